The summed E-state index contributed by atoms with van der Waals surface area (Å²) >= 11 is 8.70. The van der Waals surface area contributed by atoms with Gasteiger partial charge in [-0.3, -0.25) is 0 Å². The van der Waals surface area contributed by atoms with Crippen molar-refractivity contribution in [1.29, 1.82) is 0 Å². The van der Waals surface area contributed by atoms with Crippen molar-refractivity contribution in [3.63, 3.8) is 0 Å². The van der Waals surface area contributed by atoms with Crippen LogP contribution in [-0.2, 0) is 5.33 Å². The highest BCUT2D eigenvalue weighted by Gasteiger charge is 2.14. The van der Waals surface area contributed by atoms with Crippen molar-refractivity contribution < 1.29 is 4.92 Å². The van der Waals surface area contributed by atoms with Crippen LogP contribution in [0.2, 0.25) is 5.02 Å². The Kier molecular flexibility index (Phi) is 2.99. The largest absolute Gasteiger partial charge is 0.367 e. The van der Waals surface area contributed by atoms with Gasteiger partial charge in [0, 0.05) is 5.33 Å². The Morgan fingerprint density at radius 2 is 2.42 bits per heavy atom. The minimum absolute atomic E-state index is 0.156. The molecule has 4 nitrogen and oxygen atoms in total. The number of pyridine rings is 1. The smallest absolute Gasteiger partial charge is 0.358 e. The van der Waals surface area contributed by atoms with Gasteiger partial charge in [0.25, 0.3) is 0 Å². The first-order valence-electron chi connectivity index (χ1n) is 3.00. The molecule has 0 aliphatic rings. The first kappa shape index (κ1) is 9.41. The lowest BCUT2D eigenvalue weighted by molar-refractivity contribution is -0.390. The first-order chi connectivity index (χ1) is 5.65. The van der Waals surface area contributed by atoms with Crippen LogP contribution in [0.25, 0.3) is 0 Å². The third kappa shape index (κ3) is 1.92. The van der Waals surface area contributed by atoms with Gasteiger partial charge in [0.1, 0.15) is 0 Å². The topological polar surface area (TPSA) is 56.0 Å². The molecule has 0 fully saturated rings. The zero-order valence-corrected chi connectivity index (χ0v) is 8.17. The Balaban J connectivity index is 3.20. The number of hydrogen-bond acceptors (Lipinski definition) is 3. The molecule has 0 aliphatic heterocycles. The van der Waals surface area contributed by atoms with E-state index in [4.69, 9.17) is 11.6 Å². The van der Waals surface area contributed by atoms with Crippen LogP contribution in [-0.4, -0.2) is 9.91 Å². The van der Waals surface area contributed by atoms with E-state index in [2.05, 4.69) is 20.9 Å². The van der Waals surface area contributed by atoms with E-state index in [0.29, 0.717) is 15.9 Å². The van der Waals surface area contributed by atoms with E-state index >= 15 is 0 Å². The minimum Gasteiger partial charge on any atom is -0.358 e. The zero-order chi connectivity index (χ0) is 9.14. The molecule has 0 saturated carbocycles. The average Bonchev–Trinajstić information content (AvgIpc) is 2.03. The Bertz CT molecular complexity index is 318. The standard InChI is InChI=1S/C6H4BrClN2O2/c7-2-4-1-5(8)3-9-6(4)10(11)12/h1,3H,2H2. The van der Waals surface area contributed by atoms with Crippen molar-refractivity contribution in [3.8, 4) is 0 Å². The maximum atomic E-state index is 10.4. The van der Waals surface area contributed by atoms with Gasteiger partial charge in [-0.25, -0.2) is 0 Å². The molecule has 0 unspecified atom stereocenters. The molecule has 0 amide bonds. The van der Waals surface area contributed by atoms with Crippen molar-refractivity contribution in [2.24, 2.45) is 0 Å². The second-order valence-corrected chi connectivity index (χ2v) is 3.02. The molecule has 1 aromatic rings. The normalized spacial score (nSPS) is 9.83. The van der Waals surface area contributed by atoms with Crippen molar-refractivity contribution in [2.75, 3.05) is 0 Å². The van der Waals surface area contributed by atoms with E-state index < -0.39 is 4.92 Å². The monoisotopic (exact) mass is 250 g/mol. The molecule has 1 rings (SSSR count). The Labute approximate surface area is 81.8 Å². The second-order valence-electron chi connectivity index (χ2n) is 2.03. The summed E-state index contributed by atoms with van der Waals surface area (Å²) in [6.45, 7) is 0. The highest BCUT2D eigenvalue weighted by Crippen LogP contribution is 2.21. The van der Waals surface area contributed by atoms with E-state index in [1.165, 1.54) is 12.3 Å². The van der Waals surface area contributed by atoms with Crippen molar-refractivity contribution >= 4 is 33.3 Å². The zero-order valence-electron chi connectivity index (χ0n) is 5.83. The molecule has 12 heavy (non-hydrogen) atoms. The van der Waals surface area contributed by atoms with Gasteiger partial charge in [0.05, 0.1) is 10.6 Å². The number of nitrogens with zero attached hydrogens (tertiary/aromatic N) is 2. The predicted molar refractivity (Wildman–Crippen MR) is 48.5 cm³/mol. The lowest BCUT2D eigenvalue weighted by atomic mass is 10.3. The van der Waals surface area contributed by atoms with E-state index in [9.17, 15) is 10.1 Å². The lowest BCUT2D eigenvalue weighted by Gasteiger charge is -1.97. The van der Waals surface area contributed by atoms with Crippen LogP contribution >= 0.6 is 27.5 Å². The number of halogens is 2. The van der Waals surface area contributed by atoms with Crippen molar-refractivity contribution in [1.82, 2.24) is 4.98 Å². The summed E-state index contributed by atoms with van der Waals surface area (Å²) in [5.41, 5.74) is 0.479. The Morgan fingerprint density at radius 1 is 1.75 bits per heavy atom. The number of nitro groups is 1. The van der Waals surface area contributed by atoms with Crippen LogP contribution in [0.5, 0.6) is 0 Å². The first-order valence-corrected chi connectivity index (χ1v) is 4.50. The van der Waals surface area contributed by atoms with Crippen LogP contribution in [0, 0.1) is 10.1 Å². The Hall–Kier alpha value is -0.680. The summed E-state index contributed by atoms with van der Waals surface area (Å²) in [4.78, 5) is 13.4. The molecule has 0 N–H and O–H groups in total. The molecule has 64 valence electrons. The molecule has 1 aromatic heterocycles. The quantitative estimate of drug-likeness (QED) is 0.461. The molecule has 0 atom stereocenters. The van der Waals surface area contributed by atoms with Crippen LogP contribution in [0.3, 0.4) is 0 Å². The van der Waals surface area contributed by atoms with Gasteiger partial charge in [-0.1, -0.05) is 27.5 Å². The highest BCUT2D eigenvalue weighted by molar-refractivity contribution is 9.08. The molecule has 0 spiro atoms. The SMILES string of the molecule is O=[N+]([O-])c1ncc(Cl)cc1CBr. The van der Waals surface area contributed by atoms with Crippen LogP contribution < -0.4 is 0 Å². The van der Waals surface area contributed by atoms with Crippen LogP contribution in [0.15, 0.2) is 12.3 Å². The number of alkyl halides is 1. The van der Waals surface area contributed by atoms with Crippen LogP contribution in [0.1, 0.15) is 5.56 Å². The van der Waals surface area contributed by atoms with E-state index in [1.54, 1.807) is 0 Å². The predicted octanol–water partition coefficient (Wildman–Crippen LogP) is 2.54. The Morgan fingerprint density at radius 3 is 2.92 bits per heavy atom. The lowest BCUT2D eigenvalue weighted by Crippen LogP contribution is -1.96. The van der Waals surface area contributed by atoms with Gasteiger partial charge in [0.2, 0.25) is 0 Å². The molecule has 1 heterocycles. The van der Waals surface area contributed by atoms with Gasteiger partial charge < -0.3 is 10.1 Å². The third-order valence-electron chi connectivity index (χ3n) is 1.23. The fraction of sp³-hybridized carbons (Fsp3) is 0.167. The summed E-state index contributed by atoms with van der Waals surface area (Å²) in [7, 11) is 0. The van der Waals surface area contributed by atoms with Crippen LogP contribution in [0.4, 0.5) is 5.82 Å². The summed E-state index contributed by atoms with van der Waals surface area (Å²) in [6.07, 6.45) is 1.26. The van der Waals surface area contributed by atoms with Gasteiger partial charge >= 0.3 is 5.82 Å². The fourth-order valence-corrected chi connectivity index (χ4v) is 1.33. The van der Waals surface area contributed by atoms with Crippen molar-refractivity contribution in [2.45, 2.75) is 5.33 Å². The summed E-state index contributed by atoms with van der Waals surface area (Å²) in [5, 5.41) is 11.1. The van der Waals surface area contributed by atoms with E-state index in [0.717, 1.165) is 0 Å². The maximum Gasteiger partial charge on any atom is 0.367 e. The molecule has 0 aliphatic carbocycles. The highest BCUT2D eigenvalue weighted by atomic mass is 79.9. The number of hydrogen-bond donors (Lipinski definition) is 0. The van der Waals surface area contributed by atoms with Gasteiger partial charge in [0.15, 0.2) is 6.20 Å². The van der Waals surface area contributed by atoms with E-state index in [1.807, 2.05) is 0 Å². The van der Waals surface area contributed by atoms with Gasteiger partial charge in [-0.05, 0) is 16.0 Å². The average molecular weight is 251 g/mol. The molecular weight excluding hydrogens is 247 g/mol. The third-order valence-corrected chi connectivity index (χ3v) is 2.04. The molecule has 0 saturated heterocycles. The number of rotatable bonds is 2. The molecule has 0 aromatic carbocycles. The minimum atomic E-state index is -0.535. The van der Waals surface area contributed by atoms with Gasteiger partial charge in [-0.15, -0.1) is 0 Å². The fourth-order valence-electron chi connectivity index (χ4n) is 0.737. The maximum absolute atomic E-state index is 10.4. The number of aromatic nitrogens is 1. The summed E-state index contributed by atoms with van der Waals surface area (Å²) in [6, 6.07) is 1.52. The summed E-state index contributed by atoms with van der Waals surface area (Å²) in [5.74, 6) is -0.156. The molecule has 0 radical (unpaired) electrons. The molecule has 6 heteroatoms. The molecular formula is C6H4BrClN2O2. The van der Waals surface area contributed by atoms with E-state index in [-0.39, 0.29) is 5.82 Å². The van der Waals surface area contributed by atoms with Crippen molar-refractivity contribution in [3.05, 3.63) is 33.0 Å². The second kappa shape index (κ2) is 3.82. The summed E-state index contributed by atoms with van der Waals surface area (Å²) < 4.78 is 0. The van der Waals surface area contributed by atoms with Gasteiger partial charge in [-0.2, -0.15) is 0 Å². The molecule has 0 bridgehead atoms.